The maximum absolute atomic E-state index is 11.8. The number of rotatable bonds is 8. The van der Waals surface area contributed by atoms with Crippen LogP contribution < -0.4 is 20.1 Å². The highest BCUT2D eigenvalue weighted by Gasteiger charge is 2.11. The summed E-state index contributed by atoms with van der Waals surface area (Å²) in [5.41, 5.74) is 0.539. The van der Waals surface area contributed by atoms with Gasteiger partial charge in [0.05, 0.1) is 17.5 Å². The van der Waals surface area contributed by atoms with Crippen molar-refractivity contribution in [3.05, 3.63) is 24.3 Å². The van der Waals surface area contributed by atoms with Gasteiger partial charge in [0.2, 0.25) is 10.0 Å². The minimum atomic E-state index is -3.33. The van der Waals surface area contributed by atoms with Crippen LogP contribution in [0.1, 0.15) is 20.3 Å². The highest BCUT2D eigenvalue weighted by atomic mass is 32.2. The third-order valence-corrected chi connectivity index (χ3v) is 4.37. The van der Waals surface area contributed by atoms with Crippen molar-refractivity contribution in [2.75, 3.05) is 24.7 Å². The molecule has 1 aromatic rings. The van der Waals surface area contributed by atoms with Crippen molar-refractivity contribution in [2.45, 2.75) is 26.4 Å². The van der Waals surface area contributed by atoms with Gasteiger partial charge in [-0.25, -0.2) is 17.9 Å². The van der Waals surface area contributed by atoms with Crippen molar-refractivity contribution in [3.8, 4) is 5.75 Å². The largest absolute Gasteiger partial charge is 0.489 e. The number of amides is 2. The molecule has 2 amide bonds. The highest BCUT2D eigenvalue weighted by molar-refractivity contribution is 7.89. The fourth-order valence-electron chi connectivity index (χ4n) is 1.54. The predicted molar refractivity (Wildman–Crippen MR) is 86.7 cm³/mol. The van der Waals surface area contributed by atoms with Crippen molar-refractivity contribution in [2.24, 2.45) is 0 Å². The minimum absolute atomic E-state index is 0.0173. The van der Waals surface area contributed by atoms with E-state index in [0.29, 0.717) is 11.4 Å². The molecule has 1 unspecified atom stereocenters. The van der Waals surface area contributed by atoms with Crippen LogP contribution in [0.5, 0.6) is 5.75 Å². The summed E-state index contributed by atoms with van der Waals surface area (Å²) in [4.78, 5) is 11.8. The van der Waals surface area contributed by atoms with Gasteiger partial charge in [-0.2, -0.15) is 0 Å². The number of nitrogens with one attached hydrogen (secondary N) is 3. The van der Waals surface area contributed by atoms with Crippen LogP contribution in [0.2, 0.25) is 0 Å². The van der Waals surface area contributed by atoms with E-state index in [2.05, 4.69) is 15.4 Å². The molecule has 8 heteroatoms. The second-order valence-electron chi connectivity index (χ2n) is 4.74. The number of hydrogen-bond donors (Lipinski definition) is 3. The molecule has 0 aliphatic heterocycles. The van der Waals surface area contributed by atoms with Crippen LogP contribution >= 0.6 is 0 Å². The van der Waals surface area contributed by atoms with E-state index in [4.69, 9.17) is 4.74 Å². The third kappa shape index (κ3) is 6.31. The average Bonchev–Trinajstić information content (AvgIpc) is 2.49. The molecule has 1 atom stereocenters. The topological polar surface area (TPSA) is 96.5 Å². The summed E-state index contributed by atoms with van der Waals surface area (Å²) < 4.78 is 30.4. The molecule has 0 saturated carbocycles. The first-order valence-corrected chi connectivity index (χ1v) is 8.75. The van der Waals surface area contributed by atoms with E-state index in [1.54, 1.807) is 18.2 Å². The van der Waals surface area contributed by atoms with Gasteiger partial charge in [-0.05, 0) is 32.5 Å². The fourth-order valence-corrected chi connectivity index (χ4v) is 2.12. The quantitative estimate of drug-likeness (QED) is 0.674. The van der Waals surface area contributed by atoms with Crippen LogP contribution in [0.25, 0.3) is 0 Å². The van der Waals surface area contributed by atoms with E-state index in [1.165, 1.54) is 7.05 Å². The van der Waals surface area contributed by atoms with Crippen LogP contribution in [-0.2, 0) is 10.0 Å². The van der Waals surface area contributed by atoms with E-state index < -0.39 is 16.1 Å². The highest BCUT2D eigenvalue weighted by Crippen LogP contribution is 2.25. The van der Waals surface area contributed by atoms with E-state index in [-0.39, 0.29) is 18.4 Å². The molecule has 0 fully saturated rings. The summed E-state index contributed by atoms with van der Waals surface area (Å²) in [6.07, 6.45) is 0.884. The first-order valence-electron chi connectivity index (χ1n) is 7.09. The predicted octanol–water partition coefficient (Wildman–Crippen LogP) is 1.53. The molecule has 0 saturated heterocycles. The number of carbonyl (C=O) groups excluding carboxylic acids is 1. The Hall–Kier alpha value is -1.80. The Morgan fingerprint density at radius 2 is 2.00 bits per heavy atom. The SMILES string of the molecule is CCC(C)Oc1ccccc1NC(=O)NCCS(=O)(=O)NC. The summed E-state index contributed by atoms with van der Waals surface area (Å²) in [5.74, 6) is 0.400. The van der Waals surface area contributed by atoms with Crippen LogP contribution in [0.15, 0.2) is 24.3 Å². The molecule has 0 aliphatic rings. The van der Waals surface area contributed by atoms with Crippen molar-refractivity contribution in [3.63, 3.8) is 0 Å². The number of urea groups is 1. The van der Waals surface area contributed by atoms with Crippen LogP contribution in [0.4, 0.5) is 10.5 Å². The molecule has 0 heterocycles. The van der Waals surface area contributed by atoms with Gasteiger partial charge < -0.3 is 15.4 Å². The van der Waals surface area contributed by atoms with Gasteiger partial charge in [-0.15, -0.1) is 0 Å². The monoisotopic (exact) mass is 329 g/mol. The summed E-state index contributed by atoms with van der Waals surface area (Å²) in [6.45, 7) is 3.97. The van der Waals surface area contributed by atoms with Gasteiger partial charge in [-0.1, -0.05) is 19.1 Å². The molecular formula is C14H23N3O4S. The first kappa shape index (κ1) is 18.2. The van der Waals surface area contributed by atoms with Crippen molar-refractivity contribution in [1.82, 2.24) is 10.0 Å². The van der Waals surface area contributed by atoms with Crippen molar-refractivity contribution < 1.29 is 17.9 Å². The minimum Gasteiger partial charge on any atom is -0.489 e. The standard InChI is InChI=1S/C14H23N3O4S/c1-4-11(2)21-13-8-6-5-7-12(13)17-14(18)16-9-10-22(19,20)15-3/h5-8,11,15H,4,9-10H2,1-3H3,(H2,16,17,18). The van der Waals surface area contributed by atoms with Crippen LogP contribution in [0.3, 0.4) is 0 Å². The summed E-state index contributed by atoms with van der Waals surface area (Å²) >= 11 is 0. The Morgan fingerprint density at radius 3 is 2.64 bits per heavy atom. The Bertz CT molecular complexity index is 590. The normalized spacial score (nSPS) is 12.5. The lowest BCUT2D eigenvalue weighted by molar-refractivity contribution is 0.218. The number of para-hydroxylation sites is 2. The van der Waals surface area contributed by atoms with Gasteiger partial charge in [0.25, 0.3) is 0 Å². The average molecular weight is 329 g/mol. The van der Waals surface area contributed by atoms with E-state index in [1.807, 2.05) is 19.9 Å². The lowest BCUT2D eigenvalue weighted by Gasteiger charge is -2.16. The second kappa shape index (κ2) is 8.60. The molecule has 0 spiro atoms. The molecule has 0 radical (unpaired) electrons. The maximum atomic E-state index is 11.8. The molecule has 1 rings (SSSR count). The Morgan fingerprint density at radius 1 is 1.32 bits per heavy atom. The van der Waals surface area contributed by atoms with Crippen LogP contribution in [0, 0.1) is 0 Å². The number of carbonyl (C=O) groups is 1. The smallest absolute Gasteiger partial charge is 0.319 e. The number of anilines is 1. The Labute approximate surface area is 131 Å². The van der Waals surface area contributed by atoms with Gasteiger partial charge in [-0.3, -0.25) is 0 Å². The lowest BCUT2D eigenvalue weighted by atomic mass is 10.2. The summed E-state index contributed by atoms with van der Waals surface area (Å²) in [7, 11) is -2.00. The van der Waals surface area contributed by atoms with E-state index >= 15 is 0 Å². The second-order valence-corrected chi connectivity index (χ2v) is 6.78. The maximum Gasteiger partial charge on any atom is 0.319 e. The van der Waals surface area contributed by atoms with Gasteiger partial charge in [0, 0.05) is 6.54 Å². The van der Waals surface area contributed by atoms with Gasteiger partial charge in [0.15, 0.2) is 0 Å². The molecule has 3 N–H and O–H groups in total. The number of benzene rings is 1. The fraction of sp³-hybridized carbons (Fsp3) is 0.500. The lowest BCUT2D eigenvalue weighted by Crippen LogP contribution is -2.35. The van der Waals surface area contributed by atoms with Crippen LogP contribution in [-0.4, -0.2) is 39.9 Å². The van der Waals surface area contributed by atoms with Crippen molar-refractivity contribution in [1.29, 1.82) is 0 Å². The Kier molecular flexibility index (Phi) is 7.13. The van der Waals surface area contributed by atoms with E-state index in [9.17, 15) is 13.2 Å². The van der Waals surface area contributed by atoms with Gasteiger partial charge in [0.1, 0.15) is 5.75 Å². The zero-order chi connectivity index (χ0) is 16.6. The molecular weight excluding hydrogens is 306 g/mol. The van der Waals surface area contributed by atoms with Crippen molar-refractivity contribution >= 4 is 21.7 Å². The Balaban J connectivity index is 2.57. The molecule has 0 bridgehead atoms. The molecule has 22 heavy (non-hydrogen) atoms. The molecule has 7 nitrogen and oxygen atoms in total. The zero-order valence-corrected chi connectivity index (χ0v) is 13.9. The molecule has 1 aromatic carbocycles. The number of hydrogen-bond acceptors (Lipinski definition) is 4. The number of sulfonamides is 1. The summed E-state index contributed by atoms with van der Waals surface area (Å²) in [6, 6.07) is 6.62. The zero-order valence-electron chi connectivity index (χ0n) is 13.0. The number of ether oxygens (including phenoxy) is 1. The molecule has 0 aliphatic carbocycles. The third-order valence-electron chi connectivity index (χ3n) is 3.01. The molecule has 0 aromatic heterocycles. The van der Waals surface area contributed by atoms with Gasteiger partial charge >= 0.3 is 6.03 Å². The molecule has 124 valence electrons. The van der Waals surface area contributed by atoms with E-state index in [0.717, 1.165) is 6.42 Å². The first-order chi connectivity index (χ1) is 10.4. The summed E-state index contributed by atoms with van der Waals surface area (Å²) in [5, 5.41) is 5.15.